The van der Waals surface area contributed by atoms with Crippen molar-refractivity contribution in [1.82, 2.24) is 19.5 Å². The zero-order chi connectivity index (χ0) is 45.0. The lowest BCUT2D eigenvalue weighted by molar-refractivity contribution is 0.670. The fourth-order valence-electron chi connectivity index (χ4n) is 9.75. The van der Waals surface area contributed by atoms with Gasteiger partial charge >= 0.3 is 0 Å². The zero-order valence-electron chi connectivity index (χ0n) is 36.8. The van der Waals surface area contributed by atoms with Gasteiger partial charge in [0.1, 0.15) is 11.2 Å². The van der Waals surface area contributed by atoms with E-state index in [4.69, 9.17) is 19.4 Å². The van der Waals surface area contributed by atoms with Crippen LogP contribution in [0.15, 0.2) is 247 Å². The summed E-state index contributed by atoms with van der Waals surface area (Å²) in [7, 11) is 0. The van der Waals surface area contributed by atoms with Crippen LogP contribution >= 0.6 is 0 Å². The van der Waals surface area contributed by atoms with E-state index in [0.717, 1.165) is 88.7 Å². The summed E-state index contributed by atoms with van der Waals surface area (Å²) in [4.78, 5) is 15.7. The van der Waals surface area contributed by atoms with Gasteiger partial charge in [0.15, 0.2) is 17.5 Å². The highest BCUT2D eigenvalue weighted by atomic mass is 16.3. The number of rotatable bonds is 8. The summed E-state index contributed by atoms with van der Waals surface area (Å²) in [6.07, 6.45) is 0. The van der Waals surface area contributed by atoms with Crippen LogP contribution in [0, 0.1) is 0 Å². The Labute approximate surface area is 392 Å². The highest BCUT2D eigenvalue weighted by Gasteiger charge is 2.18. The molecule has 0 spiro atoms. The molecule has 318 valence electrons. The summed E-state index contributed by atoms with van der Waals surface area (Å²) in [5.74, 6) is 1.79. The van der Waals surface area contributed by atoms with E-state index in [1.807, 2.05) is 18.2 Å². The summed E-state index contributed by atoms with van der Waals surface area (Å²) in [5, 5.41) is 4.66. The van der Waals surface area contributed by atoms with Gasteiger partial charge in [0.2, 0.25) is 0 Å². The first-order chi connectivity index (χ1) is 33.7. The highest BCUT2D eigenvalue weighted by Crippen LogP contribution is 2.39. The Balaban J connectivity index is 0.918. The molecule has 0 amide bonds. The van der Waals surface area contributed by atoms with Gasteiger partial charge in [-0.25, -0.2) is 15.0 Å². The van der Waals surface area contributed by atoms with Crippen molar-refractivity contribution >= 4 is 43.7 Å². The fourth-order valence-corrected chi connectivity index (χ4v) is 9.75. The first kappa shape index (κ1) is 39.2. The topological polar surface area (TPSA) is 56.7 Å². The summed E-state index contributed by atoms with van der Waals surface area (Å²) in [6, 6.07) is 85.2. The summed E-state index contributed by atoms with van der Waals surface area (Å²) in [6.45, 7) is 0. The van der Waals surface area contributed by atoms with Crippen molar-refractivity contribution in [1.29, 1.82) is 0 Å². The van der Waals surface area contributed by atoms with Gasteiger partial charge in [-0.3, -0.25) is 0 Å². The largest absolute Gasteiger partial charge is 0.455 e. The Kier molecular flexibility index (Phi) is 9.43. The highest BCUT2D eigenvalue weighted by molar-refractivity contribution is 6.10. The molecule has 5 nitrogen and oxygen atoms in total. The maximum Gasteiger partial charge on any atom is 0.164 e. The van der Waals surface area contributed by atoms with Gasteiger partial charge in [0.05, 0.1) is 11.0 Å². The smallest absolute Gasteiger partial charge is 0.164 e. The molecule has 0 saturated heterocycles. The van der Waals surface area contributed by atoms with E-state index in [0.29, 0.717) is 17.5 Å². The molecular weight excluding hydrogens is 829 g/mol. The monoisotopic (exact) mass is 868 g/mol. The lowest BCUT2D eigenvalue weighted by atomic mass is 9.96. The maximum absolute atomic E-state index is 6.45. The molecule has 13 aromatic rings. The molecule has 0 N–H and O–H groups in total. The Morgan fingerprint density at radius 2 is 0.706 bits per heavy atom. The number of nitrogens with zero attached hydrogens (tertiary/aromatic N) is 4. The Morgan fingerprint density at radius 3 is 1.38 bits per heavy atom. The van der Waals surface area contributed by atoms with Crippen LogP contribution in [0.4, 0.5) is 0 Å². The van der Waals surface area contributed by atoms with Crippen molar-refractivity contribution in [3.05, 3.63) is 243 Å². The standard InChI is InChI=1S/C63H40N4O/c1-2-15-41(16-3-1)44-17-10-18-45(37-44)42-33-35-43(36-34-42)61-64-62(66-63(65-61)50-23-13-24-51(40-50)67-57-30-7-4-25-53(57)54-26-5-8-31-58(54)67)49-22-12-20-47(39-49)46-19-11-21-48(38-46)52-28-14-29-56-55-27-6-9-32-59(55)68-60(52)56/h1-40H. The van der Waals surface area contributed by atoms with E-state index in [-0.39, 0.29) is 0 Å². The van der Waals surface area contributed by atoms with E-state index in [2.05, 4.69) is 229 Å². The first-order valence-electron chi connectivity index (χ1n) is 22.9. The van der Waals surface area contributed by atoms with E-state index in [1.54, 1.807) is 0 Å². The number of fused-ring (bicyclic) bond motifs is 6. The van der Waals surface area contributed by atoms with E-state index in [1.165, 1.54) is 21.9 Å². The van der Waals surface area contributed by atoms with Crippen LogP contribution in [0.5, 0.6) is 0 Å². The molecule has 3 aromatic heterocycles. The second-order valence-corrected chi connectivity index (χ2v) is 17.2. The maximum atomic E-state index is 6.45. The minimum Gasteiger partial charge on any atom is -0.455 e. The van der Waals surface area contributed by atoms with Crippen LogP contribution in [0.3, 0.4) is 0 Å². The van der Waals surface area contributed by atoms with Crippen molar-refractivity contribution < 1.29 is 4.42 Å². The molecule has 5 heteroatoms. The summed E-state index contributed by atoms with van der Waals surface area (Å²) in [5.41, 5.74) is 16.7. The molecule has 10 aromatic carbocycles. The van der Waals surface area contributed by atoms with Crippen LogP contribution in [-0.2, 0) is 0 Å². The molecule has 0 fully saturated rings. The third-order valence-corrected chi connectivity index (χ3v) is 13.1. The van der Waals surface area contributed by atoms with Crippen LogP contribution < -0.4 is 0 Å². The lowest BCUT2D eigenvalue weighted by Crippen LogP contribution is -2.01. The molecule has 0 radical (unpaired) electrons. The molecule has 0 aliphatic carbocycles. The molecular formula is C63H40N4O. The number of aromatic nitrogens is 4. The molecule has 13 rings (SSSR count). The zero-order valence-corrected chi connectivity index (χ0v) is 36.8. The van der Waals surface area contributed by atoms with Gasteiger partial charge in [-0.15, -0.1) is 0 Å². The Bertz CT molecular complexity index is 3980. The SMILES string of the molecule is c1ccc(-c2cccc(-c3ccc(-c4nc(-c5cccc(-c6cccc(-c7cccc8c7oc7ccccc78)c6)c5)nc(-c5cccc(-n6c7ccccc7c7ccccc76)c5)n4)cc3)c2)cc1. The summed E-state index contributed by atoms with van der Waals surface area (Å²) < 4.78 is 8.78. The predicted molar refractivity (Wildman–Crippen MR) is 279 cm³/mol. The number of furan rings is 1. The van der Waals surface area contributed by atoms with Crippen molar-refractivity contribution in [2.45, 2.75) is 0 Å². The Hall–Kier alpha value is -9.19. The van der Waals surface area contributed by atoms with Crippen LogP contribution in [-0.4, -0.2) is 19.5 Å². The Morgan fingerprint density at radius 1 is 0.279 bits per heavy atom. The van der Waals surface area contributed by atoms with Gasteiger partial charge in [-0.1, -0.05) is 194 Å². The molecule has 0 bridgehead atoms. The quantitative estimate of drug-likeness (QED) is 0.153. The van der Waals surface area contributed by atoms with Gasteiger partial charge in [0, 0.05) is 49.5 Å². The van der Waals surface area contributed by atoms with Gasteiger partial charge in [-0.2, -0.15) is 0 Å². The number of benzene rings is 10. The normalized spacial score (nSPS) is 11.5. The van der Waals surface area contributed by atoms with Crippen molar-refractivity contribution in [2.75, 3.05) is 0 Å². The lowest BCUT2D eigenvalue weighted by Gasteiger charge is -2.12. The molecule has 0 unspecified atom stereocenters. The second kappa shape index (κ2) is 16.4. The van der Waals surface area contributed by atoms with Gasteiger partial charge < -0.3 is 8.98 Å². The van der Waals surface area contributed by atoms with Crippen LogP contribution in [0.1, 0.15) is 0 Å². The third-order valence-electron chi connectivity index (χ3n) is 13.1. The van der Waals surface area contributed by atoms with Crippen molar-refractivity contribution in [3.8, 4) is 84.4 Å². The van der Waals surface area contributed by atoms with E-state index in [9.17, 15) is 0 Å². The minimum atomic E-state index is 0.594. The predicted octanol–water partition coefficient (Wildman–Crippen LogP) is 16.5. The number of para-hydroxylation sites is 4. The average molecular weight is 869 g/mol. The second-order valence-electron chi connectivity index (χ2n) is 17.2. The molecule has 0 saturated carbocycles. The average Bonchev–Trinajstić information content (AvgIpc) is 3.97. The van der Waals surface area contributed by atoms with E-state index >= 15 is 0 Å². The third kappa shape index (κ3) is 6.93. The van der Waals surface area contributed by atoms with Crippen molar-refractivity contribution in [3.63, 3.8) is 0 Å². The number of hydrogen-bond acceptors (Lipinski definition) is 4. The van der Waals surface area contributed by atoms with Gasteiger partial charge in [0.25, 0.3) is 0 Å². The molecule has 0 aliphatic heterocycles. The van der Waals surface area contributed by atoms with Crippen LogP contribution in [0.2, 0.25) is 0 Å². The molecule has 3 heterocycles. The fraction of sp³-hybridized carbons (Fsp3) is 0. The van der Waals surface area contributed by atoms with Crippen molar-refractivity contribution in [2.24, 2.45) is 0 Å². The van der Waals surface area contributed by atoms with E-state index < -0.39 is 0 Å². The molecule has 0 atom stereocenters. The summed E-state index contributed by atoms with van der Waals surface area (Å²) >= 11 is 0. The minimum absolute atomic E-state index is 0.594. The molecule has 0 aliphatic rings. The van der Waals surface area contributed by atoms with Crippen LogP contribution in [0.25, 0.3) is 128 Å². The first-order valence-corrected chi connectivity index (χ1v) is 22.9. The molecule has 68 heavy (non-hydrogen) atoms. The number of hydrogen-bond donors (Lipinski definition) is 0. The van der Waals surface area contributed by atoms with Gasteiger partial charge in [-0.05, 0) is 87.5 Å².